The summed E-state index contributed by atoms with van der Waals surface area (Å²) in [7, 11) is 1.20. The van der Waals surface area contributed by atoms with Crippen molar-refractivity contribution in [3.05, 3.63) is 23.8 Å². The van der Waals surface area contributed by atoms with Gasteiger partial charge in [0.25, 0.3) is 5.91 Å². The first-order chi connectivity index (χ1) is 13.5. The van der Waals surface area contributed by atoms with Crippen molar-refractivity contribution in [2.24, 2.45) is 5.92 Å². The molecule has 0 aliphatic carbocycles. The maximum Gasteiger partial charge on any atom is 0.418 e. The zero-order chi connectivity index (χ0) is 21.5. The Kier molecular flexibility index (Phi) is 5.24. The number of ether oxygens (including phenoxy) is 1. The highest BCUT2D eigenvalue weighted by molar-refractivity contribution is 6.22. The maximum atomic E-state index is 13.6. The number of hydrogen-bond acceptors (Lipinski definition) is 5. The van der Waals surface area contributed by atoms with Crippen molar-refractivity contribution >= 4 is 35.2 Å². The largest absolute Gasteiger partial charge is 0.469 e. The number of esters is 1. The lowest BCUT2D eigenvalue weighted by atomic mass is 9.91. The summed E-state index contributed by atoms with van der Waals surface area (Å²) in [5.41, 5.74) is -1.96. The van der Waals surface area contributed by atoms with Gasteiger partial charge in [-0.1, -0.05) is 0 Å². The van der Waals surface area contributed by atoms with Crippen LogP contribution in [0.25, 0.3) is 0 Å². The van der Waals surface area contributed by atoms with E-state index in [1.807, 2.05) is 0 Å². The third kappa shape index (κ3) is 3.76. The number of nitrogens with zero attached hydrogens (tertiary/aromatic N) is 2. The minimum atomic E-state index is -4.87. The molecule has 0 radical (unpaired) electrons. The predicted octanol–water partition coefficient (Wildman–Crippen LogP) is 2.38. The Morgan fingerprint density at radius 2 is 1.93 bits per heavy atom. The van der Waals surface area contributed by atoms with Gasteiger partial charge >= 0.3 is 18.2 Å². The van der Waals surface area contributed by atoms with E-state index in [1.165, 1.54) is 18.1 Å². The number of carbonyl (C=O) groups is 4. The van der Waals surface area contributed by atoms with Crippen molar-refractivity contribution in [3.63, 3.8) is 0 Å². The highest BCUT2D eigenvalue weighted by Gasteiger charge is 2.51. The summed E-state index contributed by atoms with van der Waals surface area (Å²) >= 11 is 0. The fourth-order valence-electron chi connectivity index (χ4n) is 3.64. The second-order valence-electron chi connectivity index (χ2n) is 6.82. The van der Waals surface area contributed by atoms with Crippen LogP contribution in [0.5, 0.6) is 0 Å². The van der Waals surface area contributed by atoms with Crippen molar-refractivity contribution < 1.29 is 37.1 Å². The SMILES string of the molecule is COC(=O)[C@H]1CCN2C(=O)N(c3ccc(NC(C)=O)cc3C(F)(F)F)C(=O)[C@H]2C1. The van der Waals surface area contributed by atoms with E-state index in [-0.39, 0.29) is 25.1 Å². The molecule has 0 saturated carbocycles. The molecule has 8 nitrogen and oxygen atoms in total. The van der Waals surface area contributed by atoms with Crippen LogP contribution in [-0.2, 0) is 25.3 Å². The predicted molar refractivity (Wildman–Crippen MR) is 93.9 cm³/mol. The Bertz CT molecular complexity index is 886. The van der Waals surface area contributed by atoms with Crippen LogP contribution in [0, 0.1) is 5.92 Å². The number of hydrogen-bond donors (Lipinski definition) is 1. The highest BCUT2D eigenvalue weighted by Crippen LogP contribution is 2.41. The number of rotatable bonds is 3. The van der Waals surface area contributed by atoms with E-state index in [1.54, 1.807) is 0 Å². The fourth-order valence-corrected chi connectivity index (χ4v) is 3.64. The quantitative estimate of drug-likeness (QED) is 0.606. The molecule has 2 saturated heterocycles. The molecular weight excluding hydrogens is 395 g/mol. The fraction of sp³-hybridized carbons (Fsp3) is 0.444. The van der Waals surface area contributed by atoms with Crippen LogP contribution < -0.4 is 10.2 Å². The van der Waals surface area contributed by atoms with Crippen molar-refractivity contribution in [2.45, 2.75) is 32.0 Å². The van der Waals surface area contributed by atoms with Gasteiger partial charge in [0.1, 0.15) is 6.04 Å². The van der Waals surface area contributed by atoms with Gasteiger partial charge in [-0.25, -0.2) is 9.69 Å². The van der Waals surface area contributed by atoms with Gasteiger partial charge in [0, 0.05) is 19.2 Å². The van der Waals surface area contributed by atoms with E-state index in [0.717, 1.165) is 13.0 Å². The van der Waals surface area contributed by atoms with Gasteiger partial charge in [-0.15, -0.1) is 0 Å². The van der Waals surface area contributed by atoms with Crippen LogP contribution in [0.2, 0.25) is 0 Å². The molecule has 2 aliphatic heterocycles. The molecule has 0 unspecified atom stereocenters. The Hall–Kier alpha value is -3.11. The Morgan fingerprint density at radius 3 is 2.52 bits per heavy atom. The van der Waals surface area contributed by atoms with Gasteiger partial charge in [-0.2, -0.15) is 13.2 Å². The van der Waals surface area contributed by atoms with Gasteiger partial charge in [-0.05, 0) is 31.0 Å². The summed E-state index contributed by atoms with van der Waals surface area (Å²) < 4.78 is 45.5. The molecule has 2 aliphatic rings. The van der Waals surface area contributed by atoms with Crippen LogP contribution >= 0.6 is 0 Å². The van der Waals surface area contributed by atoms with Crippen LogP contribution in [0.4, 0.5) is 29.3 Å². The van der Waals surface area contributed by atoms with Crippen molar-refractivity contribution in [1.82, 2.24) is 4.90 Å². The number of benzene rings is 1. The zero-order valence-corrected chi connectivity index (χ0v) is 15.6. The van der Waals surface area contributed by atoms with Crippen LogP contribution in [0.15, 0.2) is 18.2 Å². The smallest absolute Gasteiger partial charge is 0.418 e. The number of alkyl halides is 3. The number of fused-ring (bicyclic) bond motifs is 1. The first kappa shape index (κ1) is 20.6. The first-order valence-electron chi connectivity index (χ1n) is 8.75. The summed E-state index contributed by atoms with van der Waals surface area (Å²) in [6.07, 6.45) is -4.63. The standard InChI is InChI=1S/C18H18F3N3O5/c1-9(25)22-11-3-4-13(12(8-11)18(19,20)21)24-15(26)14-7-10(16(27)29-2)5-6-23(14)17(24)28/h3-4,8,10,14H,5-7H2,1-2H3,(H,22,25)/t10-,14+/m0/s1. The van der Waals surface area contributed by atoms with Gasteiger partial charge in [0.15, 0.2) is 0 Å². The van der Waals surface area contributed by atoms with Gasteiger partial charge < -0.3 is 15.0 Å². The van der Waals surface area contributed by atoms with E-state index in [0.29, 0.717) is 11.0 Å². The van der Waals surface area contributed by atoms with Crippen molar-refractivity contribution in [1.29, 1.82) is 0 Å². The molecule has 1 aromatic rings. The van der Waals surface area contributed by atoms with E-state index in [2.05, 4.69) is 10.1 Å². The first-order valence-corrected chi connectivity index (χ1v) is 8.75. The highest BCUT2D eigenvalue weighted by atomic mass is 19.4. The number of methoxy groups -OCH3 is 1. The zero-order valence-electron chi connectivity index (χ0n) is 15.6. The van der Waals surface area contributed by atoms with E-state index in [9.17, 15) is 32.3 Å². The summed E-state index contributed by atoms with van der Waals surface area (Å²) in [5, 5.41) is 2.24. The summed E-state index contributed by atoms with van der Waals surface area (Å²) in [6, 6.07) is 0.921. The number of piperidine rings is 1. The molecule has 0 aromatic heterocycles. The minimum Gasteiger partial charge on any atom is -0.469 e. The van der Waals surface area contributed by atoms with Crippen molar-refractivity contribution in [2.75, 3.05) is 23.9 Å². The molecule has 156 valence electrons. The second kappa shape index (κ2) is 7.37. The van der Waals surface area contributed by atoms with E-state index in [4.69, 9.17) is 0 Å². The Labute approximate surface area is 163 Å². The van der Waals surface area contributed by atoms with E-state index >= 15 is 0 Å². The summed E-state index contributed by atoms with van der Waals surface area (Å²) in [6.45, 7) is 1.20. The lowest BCUT2D eigenvalue weighted by Crippen LogP contribution is -2.44. The molecule has 1 aromatic carbocycles. The second-order valence-corrected chi connectivity index (χ2v) is 6.82. The molecule has 29 heavy (non-hydrogen) atoms. The molecule has 3 rings (SSSR count). The molecule has 2 heterocycles. The minimum absolute atomic E-state index is 0.0148. The number of amides is 4. The molecule has 0 spiro atoms. The number of nitrogens with one attached hydrogen (secondary N) is 1. The molecular formula is C18H18F3N3O5. The van der Waals surface area contributed by atoms with E-state index < -0.39 is 53.2 Å². The molecule has 4 amide bonds. The third-order valence-electron chi connectivity index (χ3n) is 4.94. The number of urea groups is 1. The number of halogens is 3. The monoisotopic (exact) mass is 413 g/mol. The Balaban J connectivity index is 1.98. The van der Waals surface area contributed by atoms with Crippen molar-refractivity contribution in [3.8, 4) is 0 Å². The number of anilines is 2. The van der Waals surface area contributed by atoms with Gasteiger partial charge in [0.2, 0.25) is 5.91 Å². The normalized spacial score (nSPS) is 21.8. The van der Waals surface area contributed by atoms with Gasteiger partial charge in [-0.3, -0.25) is 14.4 Å². The molecule has 0 bridgehead atoms. The molecule has 11 heteroatoms. The lowest BCUT2D eigenvalue weighted by molar-refractivity contribution is -0.147. The van der Waals surface area contributed by atoms with Crippen LogP contribution in [0.1, 0.15) is 25.3 Å². The number of imide groups is 1. The Morgan fingerprint density at radius 1 is 1.24 bits per heavy atom. The molecule has 2 atom stereocenters. The van der Waals surface area contributed by atoms with Gasteiger partial charge in [0.05, 0.1) is 24.3 Å². The average molecular weight is 413 g/mol. The third-order valence-corrected chi connectivity index (χ3v) is 4.94. The topological polar surface area (TPSA) is 96.0 Å². The summed E-state index contributed by atoms with van der Waals surface area (Å²) in [5.74, 6) is -2.53. The number of carbonyl (C=O) groups excluding carboxylic acids is 4. The van der Waals surface area contributed by atoms with Crippen LogP contribution in [-0.4, -0.2) is 48.4 Å². The molecule has 2 fully saturated rings. The maximum absolute atomic E-state index is 13.6. The average Bonchev–Trinajstić information content (AvgIpc) is 2.90. The summed E-state index contributed by atoms with van der Waals surface area (Å²) in [4.78, 5) is 50.1. The van der Waals surface area contributed by atoms with Crippen LogP contribution in [0.3, 0.4) is 0 Å². The molecule has 1 N–H and O–H groups in total. The lowest BCUT2D eigenvalue weighted by Gasteiger charge is -2.30.